The van der Waals surface area contributed by atoms with Crippen molar-refractivity contribution in [3.8, 4) is 6.07 Å². The lowest BCUT2D eigenvalue weighted by molar-refractivity contribution is -0.137. The highest BCUT2D eigenvalue weighted by Gasteiger charge is 2.57. The largest absolute Gasteiger partial charge is 0.350 e. The number of piperazine rings is 1. The summed E-state index contributed by atoms with van der Waals surface area (Å²) < 4.78 is 23.5. The Labute approximate surface area is 217 Å². The van der Waals surface area contributed by atoms with Crippen molar-refractivity contribution < 1.29 is 13.2 Å². The summed E-state index contributed by atoms with van der Waals surface area (Å²) in [4.78, 5) is 28.6. The fourth-order valence-corrected chi connectivity index (χ4v) is 7.20. The number of nitriles is 1. The van der Waals surface area contributed by atoms with Gasteiger partial charge in [0.15, 0.2) is 21.3 Å². The second-order valence-electron chi connectivity index (χ2n) is 11.3. The van der Waals surface area contributed by atoms with E-state index in [-0.39, 0.29) is 29.2 Å². The smallest absolute Gasteiger partial charge is 0.244 e. The molecule has 0 bridgehead atoms. The van der Waals surface area contributed by atoms with E-state index in [1.54, 1.807) is 18.2 Å². The quantitative estimate of drug-likeness (QED) is 0.585. The molecule has 0 radical (unpaired) electrons. The van der Waals surface area contributed by atoms with Crippen molar-refractivity contribution in [2.75, 3.05) is 35.2 Å². The van der Waals surface area contributed by atoms with Gasteiger partial charge in [-0.3, -0.25) is 4.79 Å². The SMILES string of the molecule is Cc1cc(N2CC(C)(C)c3c2ncnc3N2C[C@@H](C)N(C(=O)[C@]3(C)CCS3(=O)=O)C[C@@H]2C)nnc1C#N. The monoisotopic (exact) mass is 524 g/mol. The van der Waals surface area contributed by atoms with Crippen molar-refractivity contribution >= 4 is 33.2 Å². The zero-order valence-electron chi connectivity index (χ0n) is 22.1. The van der Waals surface area contributed by atoms with Gasteiger partial charge in [-0.15, -0.1) is 10.2 Å². The van der Waals surface area contributed by atoms with E-state index in [0.717, 1.165) is 22.8 Å². The van der Waals surface area contributed by atoms with Crippen molar-refractivity contribution in [2.24, 2.45) is 0 Å². The summed E-state index contributed by atoms with van der Waals surface area (Å²) in [5.41, 5.74) is 1.73. The first-order valence-electron chi connectivity index (χ1n) is 12.5. The maximum atomic E-state index is 13.3. The molecule has 0 unspecified atom stereocenters. The highest BCUT2D eigenvalue weighted by Crippen LogP contribution is 2.47. The van der Waals surface area contributed by atoms with E-state index in [9.17, 15) is 18.5 Å². The molecule has 2 fully saturated rings. The summed E-state index contributed by atoms with van der Waals surface area (Å²) in [7, 11) is -3.40. The van der Waals surface area contributed by atoms with E-state index in [0.29, 0.717) is 37.6 Å². The number of fused-ring (bicyclic) bond motifs is 1. The van der Waals surface area contributed by atoms with E-state index in [2.05, 4.69) is 40.0 Å². The van der Waals surface area contributed by atoms with Crippen molar-refractivity contribution in [1.82, 2.24) is 25.1 Å². The lowest BCUT2D eigenvalue weighted by Gasteiger charge is -2.49. The van der Waals surface area contributed by atoms with Crippen molar-refractivity contribution in [3.05, 3.63) is 29.2 Å². The molecular formula is C25H32N8O3S. The maximum Gasteiger partial charge on any atom is 0.244 e. The molecule has 3 atom stereocenters. The summed E-state index contributed by atoms with van der Waals surface area (Å²) in [6.45, 7) is 13.2. The molecule has 2 aromatic rings. The third kappa shape index (κ3) is 3.74. The Morgan fingerprint density at radius 3 is 2.41 bits per heavy atom. The van der Waals surface area contributed by atoms with Gasteiger partial charge in [-0.25, -0.2) is 18.4 Å². The first kappa shape index (κ1) is 25.3. The third-order valence-electron chi connectivity index (χ3n) is 8.15. The molecular weight excluding hydrogens is 492 g/mol. The number of sulfone groups is 1. The Kier molecular flexibility index (Phi) is 5.71. The Bertz CT molecular complexity index is 1440. The molecule has 1 amide bonds. The van der Waals surface area contributed by atoms with Gasteiger partial charge in [0.25, 0.3) is 0 Å². The van der Waals surface area contributed by atoms with Crippen LogP contribution in [-0.2, 0) is 20.0 Å². The third-order valence-corrected chi connectivity index (χ3v) is 10.6. The van der Waals surface area contributed by atoms with Crippen LogP contribution in [0, 0.1) is 18.3 Å². The molecule has 5 rings (SSSR count). The van der Waals surface area contributed by atoms with Crippen LogP contribution in [-0.4, -0.2) is 81.6 Å². The van der Waals surface area contributed by atoms with Gasteiger partial charge in [-0.1, -0.05) is 13.8 Å². The number of nitrogens with zero attached hydrogens (tertiary/aromatic N) is 8. The topological polar surface area (TPSA) is 136 Å². The van der Waals surface area contributed by atoms with Crippen LogP contribution in [0.5, 0.6) is 0 Å². The van der Waals surface area contributed by atoms with Gasteiger partial charge in [-0.2, -0.15) is 5.26 Å². The molecule has 3 aliphatic rings. The molecule has 12 heteroatoms. The number of aromatic nitrogens is 4. The number of rotatable bonds is 3. The maximum absolute atomic E-state index is 13.3. The second kappa shape index (κ2) is 8.34. The van der Waals surface area contributed by atoms with E-state index < -0.39 is 14.6 Å². The first-order valence-corrected chi connectivity index (χ1v) is 14.1. The zero-order chi connectivity index (χ0) is 26.9. The summed E-state index contributed by atoms with van der Waals surface area (Å²) in [5, 5.41) is 17.6. The molecule has 37 heavy (non-hydrogen) atoms. The predicted molar refractivity (Wildman–Crippen MR) is 138 cm³/mol. The van der Waals surface area contributed by atoms with E-state index in [1.165, 1.54) is 0 Å². The first-order chi connectivity index (χ1) is 17.3. The number of hydrogen-bond acceptors (Lipinski definition) is 10. The van der Waals surface area contributed by atoms with Crippen molar-refractivity contribution in [1.29, 1.82) is 5.26 Å². The van der Waals surface area contributed by atoms with Crippen molar-refractivity contribution in [3.63, 3.8) is 0 Å². The number of carbonyl (C=O) groups is 1. The van der Waals surface area contributed by atoms with E-state index in [4.69, 9.17) is 4.98 Å². The molecule has 0 saturated carbocycles. The van der Waals surface area contributed by atoms with Gasteiger partial charge in [0, 0.05) is 42.7 Å². The summed E-state index contributed by atoms with van der Waals surface area (Å²) in [6.07, 6.45) is 1.92. The number of anilines is 3. The van der Waals surface area contributed by atoms with Crippen molar-refractivity contribution in [2.45, 2.75) is 70.2 Å². The van der Waals surface area contributed by atoms with E-state index in [1.807, 2.05) is 31.7 Å². The molecule has 0 aliphatic carbocycles. The standard InChI is InChI=1S/C25H32N8O3S/c1-15-9-19(30-29-18(15)10-26)33-13-24(4,5)20-21(27-14-28-22(20)33)31-11-17(3)32(12-16(31)2)23(34)25(6)7-8-37(25,35)36/h9,14,16-17H,7-8,11-13H2,1-6H3/t16-,17+,25-/m0/s1. The molecule has 3 aliphatic heterocycles. The van der Waals surface area contributed by atoms with Crippen LogP contribution in [0.25, 0.3) is 0 Å². The normalized spacial score (nSPS) is 27.9. The Morgan fingerprint density at radius 1 is 1.11 bits per heavy atom. The average Bonchev–Trinajstić information content (AvgIpc) is 3.14. The molecule has 2 aromatic heterocycles. The minimum atomic E-state index is -3.40. The molecule has 5 heterocycles. The minimum absolute atomic E-state index is 0.0704. The Balaban J connectivity index is 1.47. The van der Waals surface area contributed by atoms with Gasteiger partial charge in [0.2, 0.25) is 5.91 Å². The number of amides is 1. The predicted octanol–water partition coefficient (Wildman–Crippen LogP) is 1.88. The fraction of sp³-hybridized carbons (Fsp3) is 0.600. The summed E-state index contributed by atoms with van der Waals surface area (Å²) >= 11 is 0. The van der Waals surface area contributed by atoms with Crippen LogP contribution in [0.2, 0.25) is 0 Å². The molecule has 0 aromatic carbocycles. The number of hydrogen-bond donors (Lipinski definition) is 0. The fourth-order valence-electron chi connectivity index (χ4n) is 5.67. The van der Waals surface area contributed by atoms with Gasteiger partial charge in [0.05, 0.1) is 5.75 Å². The zero-order valence-corrected chi connectivity index (χ0v) is 22.9. The highest BCUT2D eigenvalue weighted by atomic mass is 32.2. The summed E-state index contributed by atoms with van der Waals surface area (Å²) in [6, 6.07) is 3.64. The minimum Gasteiger partial charge on any atom is -0.350 e. The molecule has 11 nitrogen and oxygen atoms in total. The van der Waals surface area contributed by atoms with Crippen LogP contribution >= 0.6 is 0 Å². The number of aryl methyl sites for hydroxylation is 1. The van der Waals surface area contributed by atoms with Crippen LogP contribution in [0.1, 0.15) is 57.9 Å². The van der Waals surface area contributed by atoms with Crippen LogP contribution < -0.4 is 9.80 Å². The molecule has 0 spiro atoms. The second-order valence-corrected chi connectivity index (χ2v) is 13.9. The highest BCUT2D eigenvalue weighted by molar-refractivity contribution is 7.95. The van der Waals surface area contributed by atoms with Crippen LogP contribution in [0.4, 0.5) is 17.5 Å². The molecule has 0 N–H and O–H groups in total. The lowest BCUT2D eigenvalue weighted by atomic mass is 9.87. The average molecular weight is 525 g/mol. The van der Waals surface area contributed by atoms with Crippen LogP contribution in [0.3, 0.4) is 0 Å². The van der Waals surface area contributed by atoms with Gasteiger partial charge < -0.3 is 14.7 Å². The van der Waals surface area contributed by atoms with Gasteiger partial charge in [0.1, 0.15) is 28.8 Å². The Morgan fingerprint density at radius 2 is 1.81 bits per heavy atom. The Hall–Kier alpha value is -3.33. The molecule has 2 saturated heterocycles. The van der Waals surface area contributed by atoms with Crippen LogP contribution in [0.15, 0.2) is 12.4 Å². The molecule has 196 valence electrons. The summed E-state index contributed by atoms with van der Waals surface area (Å²) in [5.74, 6) is 1.96. The lowest BCUT2D eigenvalue weighted by Crippen LogP contribution is -2.66. The van der Waals surface area contributed by atoms with Gasteiger partial charge in [-0.05, 0) is 45.7 Å². The van der Waals surface area contributed by atoms with Gasteiger partial charge >= 0.3 is 0 Å². The number of carbonyl (C=O) groups excluding carboxylic acids is 1. The van der Waals surface area contributed by atoms with E-state index >= 15 is 0 Å².